The van der Waals surface area contributed by atoms with Gasteiger partial charge in [-0.05, 0) is 35.9 Å². The Labute approximate surface area is 122 Å². The van der Waals surface area contributed by atoms with Crippen LogP contribution in [0.3, 0.4) is 0 Å². The van der Waals surface area contributed by atoms with Crippen LogP contribution in [0, 0.1) is 0 Å². The van der Waals surface area contributed by atoms with Crippen molar-refractivity contribution < 1.29 is 14.3 Å². The lowest BCUT2D eigenvalue weighted by Gasteiger charge is -2.29. The predicted octanol–water partition coefficient (Wildman–Crippen LogP) is 2.20. The Morgan fingerprint density at radius 2 is 2.14 bits per heavy atom. The molecular formula is C16H16N2O3. The summed E-state index contributed by atoms with van der Waals surface area (Å²) in [6, 6.07) is 12.9. The van der Waals surface area contributed by atoms with Gasteiger partial charge in [-0.3, -0.25) is 4.79 Å². The highest BCUT2D eigenvalue weighted by molar-refractivity contribution is 5.98. The first-order valence-corrected chi connectivity index (χ1v) is 6.63. The van der Waals surface area contributed by atoms with Crippen molar-refractivity contribution in [2.24, 2.45) is 0 Å². The van der Waals surface area contributed by atoms with Crippen LogP contribution in [-0.2, 0) is 11.3 Å². The number of anilines is 2. The Morgan fingerprint density at radius 3 is 2.95 bits per heavy atom. The molecule has 108 valence electrons. The maximum absolute atomic E-state index is 12.2. The van der Waals surface area contributed by atoms with E-state index in [-0.39, 0.29) is 12.5 Å². The van der Waals surface area contributed by atoms with Gasteiger partial charge in [0.15, 0.2) is 6.61 Å². The summed E-state index contributed by atoms with van der Waals surface area (Å²) in [4.78, 5) is 13.8. The fourth-order valence-corrected chi connectivity index (χ4v) is 2.35. The van der Waals surface area contributed by atoms with E-state index in [1.165, 1.54) is 0 Å². The summed E-state index contributed by atoms with van der Waals surface area (Å²) in [5.41, 5.74) is 8.10. The number of carbonyl (C=O) groups excluding carboxylic acids is 1. The topological polar surface area (TPSA) is 64.8 Å². The molecule has 0 saturated heterocycles. The molecule has 1 amide bonds. The van der Waals surface area contributed by atoms with E-state index in [1.54, 1.807) is 30.2 Å². The molecule has 3 rings (SSSR count). The molecule has 21 heavy (non-hydrogen) atoms. The molecule has 1 heterocycles. The minimum absolute atomic E-state index is 0.0425. The van der Waals surface area contributed by atoms with E-state index in [0.29, 0.717) is 23.7 Å². The van der Waals surface area contributed by atoms with Crippen molar-refractivity contribution in [1.82, 2.24) is 0 Å². The number of nitrogens with zero attached hydrogens (tertiary/aromatic N) is 1. The number of hydrogen-bond donors (Lipinski definition) is 1. The Morgan fingerprint density at radius 1 is 1.29 bits per heavy atom. The van der Waals surface area contributed by atoms with Gasteiger partial charge >= 0.3 is 0 Å². The van der Waals surface area contributed by atoms with Crippen LogP contribution in [0.4, 0.5) is 11.4 Å². The number of hydrogen-bond acceptors (Lipinski definition) is 4. The smallest absolute Gasteiger partial charge is 0.265 e. The molecule has 0 radical (unpaired) electrons. The molecule has 5 nitrogen and oxygen atoms in total. The zero-order chi connectivity index (χ0) is 14.8. The Kier molecular flexibility index (Phi) is 3.39. The van der Waals surface area contributed by atoms with Crippen LogP contribution in [0.25, 0.3) is 0 Å². The minimum atomic E-state index is -0.0871. The highest BCUT2D eigenvalue weighted by atomic mass is 16.5. The van der Waals surface area contributed by atoms with E-state index >= 15 is 0 Å². The molecule has 0 fully saturated rings. The van der Waals surface area contributed by atoms with Crippen LogP contribution in [0.1, 0.15) is 5.56 Å². The average molecular weight is 284 g/mol. The fraction of sp³-hybridized carbons (Fsp3) is 0.188. The van der Waals surface area contributed by atoms with E-state index in [9.17, 15) is 4.79 Å². The monoisotopic (exact) mass is 284 g/mol. The van der Waals surface area contributed by atoms with Crippen LogP contribution in [0.5, 0.6) is 11.5 Å². The number of fused-ring (bicyclic) bond motifs is 1. The number of rotatable bonds is 3. The third kappa shape index (κ3) is 2.63. The second kappa shape index (κ2) is 5.36. The maximum atomic E-state index is 12.2. The van der Waals surface area contributed by atoms with Gasteiger partial charge in [-0.15, -0.1) is 0 Å². The molecule has 0 aromatic heterocycles. The summed E-state index contributed by atoms with van der Waals surface area (Å²) in [7, 11) is 1.62. The number of nitrogen functional groups attached to an aromatic ring is 1. The summed E-state index contributed by atoms with van der Waals surface area (Å²) in [6.45, 7) is 0.497. The maximum Gasteiger partial charge on any atom is 0.265 e. The molecule has 2 aromatic rings. The fourth-order valence-electron chi connectivity index (χ4n) is 2.35. The normalized spacial score (nSPS) is 13.6. The van der Waals surface area contributed by atoms with Gasteiger partial charge in [-0.2, -0.15) is 0 Å². The zero-order valence-electron chi connectivity index (χ0n) is 11.7. The van der Waals surface area contributed by atoms with Crippen molar-refractivity contribution >= 4 is 17.3 Å². The van der Waals surface area contributed by atoms with E-state index in [2.05, 4.69) is 0 Å². The average Bonchev–Trinajstić information content (AvgIpc) is 2.50. The second-order valence-corrected chi connectivity index (χ2v) is 4.85. The van der Waals surface area contributed by atoms with Crippen molar-refractivity contribution in [2.45, 2.75) is 6.54 Å². The van der Waals surface area contributed by atoms with Gasteiger partial charge in [0.25, 0.3) is 5.91 Å². The summed E-state index contributed by atoms with van der Waals surface area (Å²) >= 11 is 0. The van der Waals surface area contributed by atoms with E-state index < -0.39 is 0 Å². The molecule has 0 saturated carbocycles. The first kappa shape index (κ1) is 13.3. The largest absolute Gasteiger partial charge is 0.497 e. The van der Waals surface area contributed by atoms with Gasteiger partial charge in [0.05, 0.1) is 19.3 Å². The van der Waals surface area contributed by atoms with Gasteiger partial charge < -0.3 is 20.1 Å². The molecule has 0 atom stereocenters. The Balaban J connectivity index is 1.94. The third-order valence-corrected chi connectivity index (χ3v) is 3.40. The van der Waals surface area contributed by atoms with Crippen LogP contribution in [0.2, 0.25) is 0 Å². The zero-order valence-corrected chi connectivity index (χ0v) is 11.7. The quantitative estimate of drug-likeness (QED) is 0.878. The first-order valence-electron chi connectivity index (χ1n) is 6.63. The Hall–Kier alpha value is -2.69. The second-order valence-electron chi connectivity index (χ2n) is 4.85. The number of benzene rings is 2. The molecule has 0 unspecified atom stereocenters. The van der Waals surface area contributed by atoms with E-state index in [1.807, 2.05) is 24.3 Å². The number of ether oxygens (including phenoxy) is 2. The van der Waals surface area contributed by atoms with E-state index in [0.717, 1.165) is 11.3 Å². The van der Waals surface area contributed by atoms with Crippen molar-refractivity contribution in [3.05, 3.63) is 48.0 Å². The van der Waals surface area contributed by atoms with Crippen molar-refractivity contribution in [3.8, 4) is 11.5 Å². The SMILES string of the molecule is COc1cccc(CN2C(=O)COc3ccc(N)cc32)c1. The molecule has 2 N–H and O–H groups in total. The van der Waals surface area contributed by atoms with Crippen LogP contribution in [-0.4, -0.2) is 19.6 Å². The number of methoxy groups -OCH3 is 1. The number of nitrogens with two attached hydrogens (primary N) is 1. The summed E-state index contributed by atoms with van der Waals surface area (Å²) in [5, 5.41) is 0. The van der Waals surface area contributed by atoms with Gasteiger partial charge in [0, 0.05) is 5.69 Å². The molecule has 1 aliphatic rings. The minimum Gasteiger partial charge on any atom is -0.497 e. The Bertz CT molecular complexity index is 685. The highest BCUT2D eigenvalue weighted by Crippen LogP contribution is 2.34. The summed E-state index contributed by atoms with van der Waals surface area (Å²) in [6.07, 6.45) is 0. The molecule has 0 bridgehead atoms. The first-order chi connectivity index (χ1) is 10.2. The van der Waals surface area contributed by atoms with Crippen molar-refractivity contribution in [3.63, 3.8) is 0 Å². The standard InChI is InChI=1S/C16H16N2O3/c1-20-13-4-2-3-11(7-13)9-18-14-8-12(17)5-6-15(14)21-10-16(18)19/h2-8H,9-10,17H2,1H3. The van der Waals surface area contributed by atoms with Crippen LogP contribution >= 0.6 is 0 Å². The predicted molar refractivity (Wildman–Crippen MR) is 80.5 cm³/mol. The van der Waals surface area contributed by atoms with Gasteiger partial charge in [0.2, 0.25) is 0 Å². The van der Waals surface area contributed by atoms with Gasteiger partial charge in [-0.25, -0.2) is 0 Å². The summed E-state index contributed by atoms with van der Waals surface area (Å²) in [5.74, 6) is 1.35. The lowest BCUT2D eigenvalue weighted by molar-refractivity contribution is -0.121. The molecule has 0 spiro atoms. The molecule has 5 heteroatoms. The van der Waals surface area contributed by atoms with Gasteiger partial charge in [-0.1, -0.05) is 12.1 Å². The van der Waals surface area contributed by atoms with Crippen molar-refractivity contribution in [1.29, 1.82) is 0 Å². The van der Waals surface area contributed by atoms with Gasteiger partial charge in [0.1, 0.15) is 11.5 Å². The number of carbonyl (C=O) groups is 1. The van der Waals surface area contributed by atoms with E-state index in [4.69, 9.17) is 15.2 Å². The molecule has 2 aromatic carbocycles. The van der Waals surface area contributed by atoms with Crippen LogP contribution in [0.15, 0.2) is 42.5 Å². The summed E-state index contributed by atoms with van der Waals surface area (Å²) < 4.78 is 10.6. The van der Waals surface area contributed by atoms with Crippen molar-refractivity contribution in [2.75, 3.05) is 24.4 Å². The number of amides is 1. The lowest BCUT2D eigenvalue weighted by Crippen LogP contribution is -2.38. The molecular weight excluding hydrogens is 268 g/mol. The highest BCUT2D eigenvalue weighted by Gasteiger charge is 2.25. The van der Waals surface area contributed by atoms with Crippen LogP contribution < -0.4 is 20.1 Å². The lowest BCUT2D eigenvalue weighted by atomic mass is 10.1. The molecule has 0 aliphatic carbocycles. The molecule has 1 aliphatic heterocycles. The third-order valence-electron chi connectivity index (χ3n) is 3.40.